The smallest absolute Gasteiger partial charge is 0.250 e. The number of hydrogen-bond acceptors (Lipinski definition) is 3. The lowest BCUT2D eigenvalue weighted by molar-refractivity contribution is -0.111. The maximum atomic E-state index is 12.2. The summed E-state index contributed by atoms with van der Waals surface area (Å²) in [6.07, 6.45) is 5.86. The van der Waals surface area contributed by atoms with Crippen LogP contribution in [0.25, 0.3) is 16.8 Å². The molecule has 0 unspecified atom stereocenters. The summed E-state index contributed by atoms with van der Waals surface area (Å²) in [6, 6.07) is 22.0. The molecule has 0 bridgehead atoms. The van der Waals surface area contributed by atoms with Gasteiger partial charge in [-0.25, -0.2) is 4.98 Å². The number of carbonyl (C=O) groups excluding carboxylic acids is 1. The zero-order valence-electron chi connectivity index (χ0n) is 14.9. The van der Waals surface area contributed by atoms with Crippen molar-refractivity contribution in [3.8, 4) is 0 Å². The monoisotopic (exact) mass is 404 g/mol. The van der Waals surface area contributed by atoms with E-state index in [1.54, 1.807) is 6.20 Å². The Kier molecular flexibility index (Phi) is 5.51. The van der Waals surface area contributed by atoms with Crippen molar-refractivity contribution >= 4 is 50.8 Å². The van der Waals surface area contributed by atoms with Crippen LogP contribution in [0.15, 0.2) is 79.0 Å². The van der Waals surface area contributed by atoms with E-state index in [9.17, 15) is 4.79 Å². The van der Waals surface area contributed by atoms with Crippen molar-refractivity contribution in [1.82, 2.24) is 4.98 Å². The van der Waals surface area contributed by atoms with Gasteiger partial charge in [-0.2, -0.15) is 0 Å². The average Bonchev–Trinajstić information content (AvgIpc) is 3.13. The number of amides is 1. The fourth-order valence-electron chi connectivity index (χ4n) is 2.93. The van der Waals surface area contributed by atoms with Crippen LogP contribution in [0.3, 0.4) is 0 Å². The van der Waals surface area contributed by atoms with Crippen LogP contribution in [0.4, 0.5) is 5.13 Å². The van der Waals surface area contributed by atoms with Crippen molar-refractivity contribution in [3.05, 3.63) is 100 Å². The van der Waals surface area contributed by atoms with E-state index in [-0.39, 0.29) is 5.91 Å². The molecule has 0 aliphatic heterocycles. The van der Waals surface area contributed by atoms with Crippen LogP contribution in [0, 0.1) is 0 Å². The van der Waals surface area contributed by atoms with Gasteiger partial charge in [0, 0.05) is 28.6 Å². The molecule has 5 heteroatoms. The van der Waals surface area contributed by atoms with Crippen LogP contribution in [0.2, 0.25) is 5.02 Å². The first-order valence-electron chi connectivity index (χ1n) is 8.83. The van der Waals surface area contributed by atoms with Crippen LogP contribution in [-0.4, -0.2) is 10.9 Å². The minimum Gasteiger partial charge on any atom is -0.298 e. The first kappa shape index (κ1) is 18.4. The number of nitrogens with zero attached hydrogens (tertiary/aromatic N) is 1. The highest BCUT2D eigenvalue weighted by Crippen LogP contribution is 2.22. The lowest BCUT2D eigenvalue weighted by Crippen LogP contribution is -2.07. The van der Waals surface area contributed by atoms with Gasteiger partial charge >= 0.3 is 0 Å². The molecule has 4 rings (SSSR count). The van der Waals surface area contributed by atoms with Crippen LogP contribution < -0.4 is 5.32 Å². The van der Waals surface area contributed by atoms with E-state index in [0.717, 1.165) is 32.8 Å². The Morgan fingerprint density at radius 2 is 1.89 bits per heavy atom. The van der Waals surface area contributed by atoms with Gasteiger partial charge in [-0.15, -0.1) is 11.3 Å². The SMILES string of the molecule is O=C(/C=C/c1ccc2ccccc2c1)Nc1ncc(Cc2cccc(Cl)c2)s1. The van der Waals surface area contributed by atoms with Gasteiger partial charge in [-0.3, -0.25) is 10.1 Å². The van der Waals surface area contributed by atoms with E-state index in [2.05, 4.69) is 34.6 Å². The molecular formula is C23H17ClN2OS. The fraction of sp³-hybridized carbons (Fsp3) is 0.0435. The summed E-state index contributed by atoms with van der Waals surface area (Å²) in [4.78, 5) is 17.6. The second-order valence-electron chi connectivity index (χ2n) is 6.37. The number of fused-ring (bicyclic) bond motifs is 1. The number of thiazole rings is 1. The first-order chi connectivity index (χ1) is 13.7. The van der Waals surface area contributed by atoms with Crippen molar-refractivity contribution in [2.75, 3.05) is 5.32 Å². The molecule has 0 atom stereocenters. The van der Waals surface area contributed by atoms with Crippen molar-refractivity contribution in [2.45, 2.75) is 6.42 Å². The van der Waals surface area contributed by atoms with Gasteiger partial charge in [0.05, 0.1) is 0 Å². The number of anilines is 1. The van der Waals surface area contributed by atoms with Gasteiger partial charge < -0.3 is 0 Å². The zero-order valence-corrected chi connectivity index (χ0v) is 16.5. The molecule has 0 saturated carbocycles. The van der Waals surface area contributed by atoms with Crippen molar-refractivity contribution in [2.24, 2.45) is 0 Å². The van der Waals surface area contributed by atoms with Crippen molar-refractivity contribution in [3.63, 3.8) is 0 Å². The van der Waals surface area contributed by atoms with Gasteiger partial charge in [0.25, 0.3) is 0 Å². The number of rotatable bonds is 5. The van der Waals surface area contributed by atoms with E-state index < -0.39 is 0 Å². The number of nitrogens with one attached hydrogen (secondary N) is 1. The van der Waals surface area contributed by atoms with E-state index in [4.69, 9.17) is 11.6 Å². The molecular weight excluding hydrogens is 388 g/mol. The van der Waals surface area contributed by atoms with E-state index in [1.807, 2.05) is 48.5 Å². The molecule has 138 valence electrons. The summed E-state index contributed by atoms with van der Waals surface area (Å²) in [5, 5.41) is 6.46. The topological polar surface area (TPSA) is 42.0 Å². The van der Waals surface area contributed by atoms with Crippen LogP contribution in [-0.2, 0) is 11.2 Å². The number of aromatic nitrogens is 1. The second-order valence-corrected chi connectivity index (χ2v) is 7.92. The first-order valence-corrected chi connectivity index (χ1v) is 10.0. The quantitative estimate of drug-likeness (QED) is 0.403. The molecule has 4 aromatic rings. The molecule has 1 heterocycles. The molecule has 0 fully saturated rings. The number of carbonyl (C=O) groups is 1. The third-order valence-electron chi connectivity index (χ3n) is 4.25. The summed E-state index contributed by atoms with van der Waals surface area (Å²) in [6.45, 7) is 0. The minimum atomic E-state index is -0.197. The zero-order chi connectivity index (χ0) is 19.3. The van der Waals surface area contributed by atoms with Crippen LogP contribution in [0.5, 0.6) is 0 Å². The van der Waals surface area contributed by atoms with Crippen LogP contribution in [0.1, 0.15) is 16.0 Å². The maximum Gasteiger partial charge on any atom is 0.250 e. The second kappa shape index (κ2) is 8.38. The molecule has 3 aromatic carbocycles. The summed E-state index contributed by atoms with van der Waals surface area (Å²) in [5.74, 6) is -0.197. The number of benzene rings is 3. The van der Waals surface area contributed by atoms with E-state index >= 15 is 0 Å². The largest absolute Gasteiger partial charge is 0.298 e. The molecule has 0 saturated heterocycles. The standard InChI is InChI=1S/C23H17ClN2OS/c24-20-7-3-4-17(13-20)14-21-15-25-23(28-21)26-22(27)11-9-16-8-10-18-5-1-2-6-19(18)12-16/h1-13,15H,14H2,(H,25,26,27)/b11-9+. The Bertz CT molecular complexity index is 1170. The van der Waals surface area contributed by atoms with Gasteiger partial charge in [-0.05, 0) is 46.2 Å². The summed E-state index contributed by atoms with van der Waals surface area (Å²) in [5.41, 5.74) is 2.10. The lowest BCUT2D eigenvalue weighted by atomic mass is 10.1. The third-order valence-corrected chi connectivity index (χ3v) is 5.40. The van der Waals surface area contributed by atoms with E-state index in [0.29, 0.717) is 5.13 Å². The molecule has 0 spiro atoms. The van der Waals surface area contributed by atoms with Gasteiger partial charge in [-0.1, -0.05) is 60.1 Å². The Labute approximate surface area is 172 Å². The van der Waals surface area contributed by atoms with Gasteiger partial charge in [0.1, 0.15) is 0 Å². The summed E-state index contributed by atoms with van der Waals surface area (Å²) >= 11 is 7.49. The Morgan fingerprint density at radius 3 is 2.75 bits per heavy atom. The Balaban J connectivity index is 1.39. The Hall–Kier alpha value is -2.95. The maximum absolute atomic E-state index is 12.2. The predicted molar refractivity (Wildman–Crippen MR) is 118 cm³/mol. The molecule has 0 radical (unpaired) electrons. The lowest BCUT2D eigenvalue weighted by Gasteiger charge is -2.00. The normalized spacial score (nSPS) is 11.2. The minimum absolute atomic E-state index is 0.197. The van der Waals surface area contributed by atoms with Gasteiger partial charge in [0.2, 0.25) is 5.91 Å². The highest BCUT2D eigenvalue weighted by molar-refractivity contribution is 7.15. The molecule has 1 aromatic heterocycles. The highest BCUT2D eigenvalue weighted by atomic mass is 35.5. The third kappa shape index (κ3) is 4.66. The molecule has 0 aliphatic carbocycles. The summed E-state index contributed by atoms with van der Waals surface area (Å²) in [7, 11) is 0. The van der Waals surface area contributed by atoms with Crippen molar-refractivity contribution < 1.29 is 4.79 Å². The van der Waals surface area contributed by atoms with Crippen molar-refractivity contribution in [1.29, 1.82) is 0 Å². The molecule has 1 N–H and O–H groups in total. The Morgan fingerprint density at radius 1 is 1.04 bits per heavy atom. The fourth-order valence-corrected chi connectivity index (χ4v) is 3.99. The van der Waals surface area contributed by atoms with Crippen LogP contribution >= 0.6 is 22.9 Å². The molecule has 0 aliphatic rings. The highest BCUT2D eigenvalue weighted by Gasteiger charge is 2.06. The summed E-state index contributed by atoms with van der Waals surface area (Å²) < 4.78 is 0. The van der Waals surface area contributed by atoms with E-state index in [1.165, 1.54) is 22.8 Å². The molecule has 3 nitrogen and oxygen atoms in total. The molecule has 1 amide bonds. The average molecular weight is 405 g/mol. The predicted octanol–water partition coefficient (Wildman–Crippen LogP) is 6.19. The van der Waals surface area contributed by atoms with Gasteiger partial charge in [0.15, 0.2) is 5.13 Å². The number of halogens is 1. The molecule has 28 heavy (non-hydrogen) atoms. The number of hydrogen-bond donors (Lipinski definition) is 1.